The second-order valence-corrected chi connectivity index (χ2v) is 10.1. The molecule has 0 aromatic heterocycles. The fourth-order valence-corrected chi connectivity index (χ4v) is 6.31. The number of carbonyl (C=O) groups is 1. The summed E-state index contributed by atoms with van der Waals surface area (Å²) in [5.41, 5.74) is 0.749. The molecule has 0 N–H and O–H groups in total. The highest BCUT2D eigenvalue weighted by Crippen LogP contribution is 2.49. The Hall–Kier alpha value is -1.97. The highest BCUT2D eigenvalue weighted by molar-refractivity contribution is 5.96. The van der Waals surface area contributed by atoms with E-state index in [0.29, 0.717) is 11.3 Å². The van der Waals surface area contributed by atoms with Crippen molar-refractivity contribution in [3.8, 4) is 0 Å². The smallest absolute Gasteiger partial charge is 0.340 e. The topological polar surface area (TPSA) is 26.3 Å². The minimum Gasteiger partial charge on any atom is -0.465 e. The van der Waals surface area contributed by atoms with Crippen LogP contribution >= 0.6 is 0 Å². The monoisotopic (exact) mass is 442 g/mol. The zero-order chi connectivity index (χ0) is 22.7. The molecule has 32 heavy (non-hydrogen) atoms. The summed E-state index contributed by atoms with van der Waals surface area (Å²) < 4.78 is 34.4. The first-order valence-electron chi connectivity index (χ1n) is 12.5. The molecular formula is C28H36F2O2. The van der Waals surface area contributed by atoms with E-state index in [0.717, 1.165) is 36.2 Å². The van der Waals surface area contributed by atoms with Crippen LogP contribution in [-0.2, 0) is 4.74 Å². The number of benzene rings is 2. The van der Waals surface area contributed by atoms with Gasteiger partial charge in [-0.05, 0) is 78.9 Å². The third-order valence-electron chi connectivity index (χ3n) is 8.09. The summed E-state index contributed by atoms with van der Waals surface area (Å²) in [6, 6.07) is 6.45. The molecule has 2 aliphatic rings. The molecule has 2 aromatic carbocycles. The van der Waals surface area contributed by atoms with Crippen LogP contribution in [0.2, 0.25) is 0 Å². The van der Waals surface area contributed by atoms with Crippen molar-refractivity contribution in [2.45, 2.75) is 83.5 Å². The Kier molecular flexibility index (Phi) is 7.48. The van der Waals surface area contributed by atoms with Crippen LogP contribution in [0.3, 0.4) is 0 Å². The number of hydrogen-bond acceptors (Lipinski definition) is 2. The van der Waals surface area contributed by atoms with E-state index in [-0.39, 0.29) is 10.9 Å². The van der Waals surface area contributed by atoms with Crippen molar-refractivity contribution < 1.29 is 18.3 Å². The molecule has 0 radical (unpaired) electrons. The van der Waals surface area contributed by atoms with Gasteiger partial charge in [-0.25, -0.2) is 13.6 Å². The highest BCUT2D eigenvalue weighted by Gasteiger charge is 2.36. The van der Waals surface area contributed by atoms with E-state index in [1.807, 2.05) is 6.07 Å². The summed E-state index contributed by atoms with van der Waals surface area (Å²) in [4.78, 5) is 11.8. The molecule has 0 aliphatic heterocycles. The van der Waals surface area contributed by atoms with E-state index in [1.165, 1.54) is 77.0 Å². The molecule has 174 valence electrons. The number of methoxy groups -OCH3 is 1. The average Bonchev–Trinajstić information content (AvgIpc) is 2.81. The average molecular weight is 443 g/mol. The fourth-order valence-electron chi connectivity index (χ4n) is 6.31. The van der Waals surface area contributed by atoms with Crippen LogP contribution in [0.5, 0.6) is 0 Å². The van der Waals surface area contributed by atoms with Crippen molar-refractivity contribution in [2.24, 2.45) is 17.8 Å². The lowest BCUT2D eigenvalue weighted by atomic mass is 9.63. The van der Waals surface area contributed by atoms with Gasteiger partial charge >= 0.3 is 5.97 Å². The molecule has 0 spiro atoms. The lowest BCUT2D eigenvalue weighted by molar-refractivity contribution is 0.0596. The first-order valence-corrected chi connectivity index (χ1v) is 12.5. The van der Waals surface area contributed by atoms with Crippen LogP contribution in [0.1, 0.15) is 99.4 Å². The number of fused-ring (bicyclic) bond motifs is 2. The van der Waals surface area contributed by atoms with Gasteiger partial charge in [0.05, 0.1) is 18.1 Å². The lowest BCUT2D eigenvalue weighted by Gasteiger charge is -2.42. The Morgan fingerprint density at radius 2 is 1.78 bits per heavy atom. The third kappa shape index (κ3) is 4.84. The molecule has 2 unspecified atom stereocenters. The molecule has 0 heterocycles. The molecule has 2 saturated carbocycles. The van der Waals surface area contributed by atoms with Crippen LogP contribution in [0, 0.1) is 29.4 Å². The van der Waals surface area contributed by atoms with Gasteiger partial charge < -0.3 is 4.74 Å². The van der Waals surface area contributed by atoms with Gasteiger partial charge in [-0.3, -0.25) is 0 Å². The van der Waals surface area contributed by atoms with Gasteiger partial charge in [0.15, 0.2) is 0 Å². The Bertz CT molecular complexity index is 954. The quantitative estimate of drug-likeness (QED) is 0.319. The van der Waals surface area contributed by atoms with Crippen LogP contribution in [0.4, 0.5) is 8.78 Å². The van der Waals surface area contributed by atoms with E-state index in [9.17, 15) is 13.6 Å². The van der Waals surface area contributed by atoms with Crippen LogP contribution in [0.25, 0.3) is 10.8 Å². The maximum absolute atomic E-state index is 15.0. The zero-order valence-electron chi connectivity index (χ0n) is 19.5. The molecule has 2 aliphatic carbocycles. The van der Waals surface area contributed by atoms with Crippen LogP contribution in [0.15, 0.2) is 24.3 Å². The second kappa shape index (κ2) is 10.3. The van der Waals surface area contributed by atoms with E-state index >= 15 is 0 Å². The molecule has 2 fully saturated rings. The van der Waals surface area contributed by atoms with Crippen molar-refractivity contribution in [3.05, 3.63) is 47.0 Å². The lowest BCUT2D eigenvalue weighted by Crippen LogP contribution is -2.30. The molecule has 4 heteroatoms. The van der Waals surface area contributed by atoms with E-state index in [4.69, 9.17) is 0 Å². The Morgan fingerprint density at radius 1 is 1.00 bits per heavy atom. The normalized spacial score (nSPS) is 25.5. The zero-order valence-corrected chi connectivity index (χ0v) is 19.5. The standard InChI is InChI=1S/C28H36F2O2/c1-3-4-5-6-7-18-8-9-20-15-21(11-10-19(20)14-18)23-16-22-12-13-24(28(31)32-2)27(30)26(22)25(29)17-23/h12-13,16-21H,3-11,14-15H2,1-2H3/t18?,19-,20+,21?/m0/s1. The number of ether oxygens (including phenoxy) is 1. The summed E-state index contributed by atoms with van der Waals surface area (Å²) in [5, 5.41) is 0.400. The first-order chi connectivity index (χ1) is 15.5. The molecule has 0 bridgehead atoms. The summed E-state index contributed by atoms with van der Waals surface area (Å²) >= 11 is 0. The van der Waals surface area contributed by atoms with Gasteiger partial charge in [0.2, 0.25) is 0 Å². The van der Waals surface area contributed by atoms with Gasteiger partial charge in [-0.2, -0.15) is 0 Å². The highest BCUT2D eigenvalue weighted by atomic mass is 19.1. The van der Waals surface area contributed by atoms with Gasteiger partial charge in [0.25, 0.3) is 0 Å². The van der Waals surface area contributed by atoms with Crippen LogP contribution in [-0.4, -0.2) is 13.1 Å². The fraction of sp³-hybridized carbons (Fsp3) is 0.607. The maximum atomic E-state index is 15.0. The van der Waals surface area contributed by atoms with Crippen molar-refractivity contribution in [1.82, 2.24) is 0 Å². The van der Waals surface area contributed by atoms with Gasteiger partial charge in [-0.15, -0.1) is 0 Å². The minimum atomic E-state index is -0.834. The number of halogens is 2. The molecule has 0 amide bonds. The van der Waals surface area contributed by atoms with Gasteiger partial charge in [0, 0.05) is 0 Å². The van der Waals surface area contributed by atoms with Crippen molar-refractivity contribution in [2.75, 3.05) is 7.11 Å². The van der Waals surface area contributed by atoms with Crippen molar-refractivity contribution in [1.29, 1.82) is 0 Å². The van der Waals surface area contributed by atoms with Crippen molar-refractivity contribution >= 4 is 16.7 Å². The Labute approximate surface area is 190 Å². The van der Waals surface area contributed by atoms with Gasteiger partial charge in [-0.1, -0.05) is 57.6 Å². The van der Waals surface area contributed by atoms with E-state index < -0.39 is 17.6 Å². The summed E-state index contributed by atoms with van der Waals surface area (Å²) in [5.74, 6) is 0.582. The number of hydrogen-bond donors (Lipinski definition) is 0. The molecule has 2 aromatic rings. The number of rotatable bonds is 7. The predicted octanol–water partition coefficient (Wildman–Crippen LogP) is 8.18. The third-order valence-corrected chi connectivity index (χ3v) is 8.09. The van der Waals surface area contributed by atoms with Gasteiger partial charge in [0.1, 0.15) is 11.6 Å². The van der Waals surface area contributed by atoms with Crippen LogP contribution < -0.4 is 0 Å². The number of unbranched alkanes of at least 4 members (excludes halogenated alkanes) is 3. The Morgan fingerprint density at radius 3 is 2.56 bits per heavy atom. The van der Waals surface area contributed by atoms with E-state index in [2.05, 4.69) is 11.7 Å². The Balaban J connectivity index is 1.44. The van der Waals surface area contributed by atoms with E-state index in [1.54, 1.807) is 6.07 Å². The minimum absolute atomic E-state index is 0.117. The second-order valence-electron chi connectivity index (χ2n) is 10.1. The molecule has 4 rings (SSSR count). The van der Waals surface area contributed by atoms with Crippen molar-refractivity contribution in [3.63, 3.8) is 0 Å². The molecule has 0 saturated heterocycles. The first kappa shape index (κ1) is 23.2. The molecular weight excluding hydrogens is 406 g/mol. The predicted molar refractivity (Wildman–Crippen MR) is 125 cm³/mol. The number of carbonyl (C=O) groups excluding carboxylic acids is 1. The number of esters is 1. The molecule has 2 nitrogen and oxygen atoms in total. The largest absolute Gasteiger partial charge is 0.465 e. The maximum Gasteiger partial charge on any atom is 0.340 e. The molecule has 4 atom stereocenters. The SMILES string of the molecule is CCCCCCC1CC[C@@H]2CC(c3cc(F)c4c(F)c(C(=O)OC)ccc4c3)CC[C@H]2C1. The summed E-state index contributed by atoms with van der Waals surface area (Å²) in [6.07, 6.45) is 14.2. The summed E-state index contributed by atoms with van der Waals surface area (Å²) in [6.45, 7) is 2.27. The summed E-state index contributed by atoms with van der Waals surface area (Å²) in [7, 11) is 1.20.